The lowest BCUT2D eigenvalue weighted by Crippen LogP contribution is -2.49. The maximum Gasteiger partial charge on any atom is 0.257 e. The van der Waals surface area contributed by atoms with Gasteiger partial charge in [-0.2, -0.15) is 0 Å². The molecule has 1 amide bonds. The first-order valence-electron chi connectivity index (χ1n) is 9.59. The maximum atomic E-state index is 12.6. The summed E-state index contributed by atoms with van der Waals surface area (Å²) in [6, 6.07) is 4.54. The molecule has 1 aliphatic heterocycles. The number of amides is 1. The lowest BCUT2D eigenvalue weighted by molar-refractivity contribution is -0.128. The molecule has 3 heterocycles. The number of anilines is 1. The van der Waals surface area contributed by atoms with Crippen LogP contribution in [0.1, 0.15) is 0 Å². The number of rotatable bonds is 6. The highest BCUT2D eigenvalue weighted by molar-refractivity contribution is 7.99. The minimum absolute atomic E-state index is 0.00178. The van der Waals surface area contributed by atoms with E-state index in [0.717, 1.165) is 10.1 Å². The van der Waals surface area contributed by atoms with Crippen LogP contribution in [0.25, 0.3) is 11.1 Å². The van der Waals surface area contributed by atoms with E-state index >= 15 is 0 Å². The van der Waals surface area contributed by atoms with E-state index in [1.54, 1.807) is 24.7 Å². The molecule has 164 valence electrons. The van der Waals surface area contributed by atoms with Crippen molar-refractivity contribution in [2.75, 3.05) is 50.9 Å². The zero-order valence-corrected chi connectivity index (χ0v) is 18.8. The standard InChI is InChI=1S/C19H22N6O4S2/c1-23(2)31(27,28)14-3-4-16-15(11-14)22-19(29-16)30-13-18(26)25-9-7-24(8-10-25)17-12-20-5-6-21-17/h3-6,11-12H,7-10,13H2,1-2H3. The van der Waals surface area contributed by atoms with E-state index in [4.69, 9.17) is 4.42 Å². The predicted octanol–water partition coefficient (Wildman–Crippen LogP) is 1.31. The molecule has 0 spiro atoms. The number of thioether (sulfide) groups is 1. The Kier molecular flexibility index (Phi) is 6.12. The molecule has 4 rings (SSSR count). The Morgan fingerprint density at radius 3 is 2.65 bits per heavy atom. The van der Waals surface area contributed by atoms with Crippen LogP contribution in [0.4, 0.5) is 5.82 Å². The van der Waals surface area contributed by atoms with E-state index in [-0.39, 0.29) is 16.6 Å². The summed E-state index contributed by atoms with van der Waals surface area (Å²) in [5.41, 5.74) is 0.917. The molecule has 0 saturated carbocycles. The first kappa shape index (κ1) is 21.5. The monoisotopic (exact) mass is 462 g/mol. The zero-order valence-electron chi connectivity index (χ0n) is 17.1. The zero-order chi connectivity index (χ0) is 22.0. The molecule has 1 aliphatic rings. The van der Waals surface area contributed by atoms with Crippen molar-refractivity contribution in [2.45, 2.75) is 10.1 Å². The van der Waals surface area contributed by atoms with Gasteiger partial charge in [0.05, 0.1) is 16.8 Å². The van der Waals surface area contributed by atoms with Crippen molar-refractivity contribution in [3.8, 4) is 0 Å². The molecule has 0 bridgehead atoms. The Morgan fingerprint density at radius 2 is 1.97 bits per heavy atom. The minimum atomic E-state index is -3.55. The van der Waals surface area contributed by atoms with Gasteiger partial charge in [0.2, 0.25) is 15.9 Å². The van der Waals surface area contributed by atoms with Crippen LogP contribution in [0.3, 0.4) is 0 Å². The van der Waals surface area contributed by atoms with Gasteiger partial charge in [0.25, 0.3) is 5.22 Å². The first-order valence-corrected chi connectivity index (χ1v) is 12.0. The van der Waals surface area contributed by atoms with Crippen LogP contribution >= 0.6 is 11.8 Å². The van der Waals surface area contributed by atoms with Crippen LogP contribution < -0.4 is 4.90 Å². The fraction of sp³-hybridized carbons (Fsp3) is 0.368. The Morgan fingerprint density at radius 1 is 1.19 bits per heavy atom. The number of hydrogen-bond acceptors (Lipinski definition) is 9. The number of benzene rings is 1. The summed E-state index contributed by atoms with van der Waals surface area (Å²) in [4.78, 5) is 29.4. The van der Waals surface area contributed by atoms with Crippen LogP contribution in [-0.4, -0.2) is 84.5 Å². The van der Waals surface area contributed by atoms with Gasteiger partial charge in [-0.15, -0.1) is 0 Å². The van der Waals surface area contributed by atoms with Crippen molar-refractivity contribution < 1.29 is 17.6 Å². The van der Waals surface area contributed by atoms with Gasteiger partial charge in [-0.25, -0.2) is 22.7 Å². The molecule has 1 saturated heterocycles. The van der Waals surface area contributed by atoms with Gasteiger partial charge in [0.15, 0.2) is 5.58 Å². The summed E-state index contributed by atoms with van der Waals surface area (Å²) >= 11 is 1.20. The number of aromatic nitrogens is 3. The summed E-state index contributed by atoms with van der Waals surface area (Å²) in [5, 5.41) is 0.334. The molecule has 0 aliphatic carbocycles. The average molecular weight is 463 g/mol. The summed E-state index contributed by atoms with van der Waals surface area (Å²) in [6.45, 7) is 2.60. The molecular formula is C19H22N6O4S2. The molecule has 12 heteroatoms. The van der Waals surface area contributed by atoms with E-state index in [9.17, 15) is 13.2 Å². The quantitative estimate of drug-likeness (QED) is 0.500. The number of nitrogens with zero attached hydrogens (tertiary/aromatic N) is 6. The fourth-order valence-corrected chi connectivity index (χ4v) is 4.84. The lowest BCUT2D eigenvalue weighted by Gasteiger charge is -2.35. The summed E-state index contributed by atoms with van der Waals surface area (Å²) in [5.74, 6) is 1.01. The topological polar surface area (TPSA) is 113 Å². The molecule has 1 aromatic carbocycles. The molecule has 3 aromatic rings. The van der Waals surface area contributed by atoms with Crippen molar-refractivity contribution in [3.63, 3.8) is 0 Å². The van der Waals surface area contributed by atoms with Gasteiger partial charge in [0.1, 0.15) is 11.3 Å². The summed E-state index contributed by atoms with van der Waals surface area (Å²) in [7, 11) is -0.603. The Labute approximate surface area is 184 Å². The van der Waals surface area contributed by atoms with Crippen molar-refractivity contribution in [1.82, 2.24) is 24.2 Å². The van der Waals surface area contributed by atoms with Crippen molar-refractivity contribution >= 4 is 44.6 Å². The van der Waals surface area contributed by atoms with Gasteiger partial charge in [-0.05, 0) is 18.2 Å². The second-order valence-electron chi connectivity index (χ2n) is 7.12. The highest BCUT2D eigenvalue weighted by atomic mass is 32.2. The van der Waals surface area contributed by atoms with E-state index in [1.807, 2.05) is 4.90 Å². The van der Waals surface area contributed by atoms with Crippen LogP contribution in [0.15, 0.2) is 51.3 Å². The van der Waals surface area contributed by atoms with E-state index in [1.165, 1.54) is 38.0 Å². The van der Waals surface area contributed by atoms with Crippen LogP contribution in [-0.2, 0) is 14.8 Å². The van der Waals surface area contributed by atoms with Crippen LogP contribution in [0.5, 0.6) is 0 Å². The molecule has 1 fully saturated rings. The van der Waals surface area contributed by atoms with E-state index in [2.05, 4.69) is 19.9 Å². The molecule has 0 atom stereocenters. The van der Waals surface area contributed by atoms with Gasteiger partial charge >= 0.3 is 0 Å². The lowest BCUT2D eigenvalue weighted by atomic mass is 10.3. The Bertz CT molecular complexity index is 1170. The molecule has 0 unspecified atom stereocenters. The fourth-order valence-electron chi connectivity index (χ4n) is 3.17. The van der Waals surface area contributed by atoms with Crippen molar-refractivity contribution in [1.29, 1.82) is 0 Å². The van der Waals surface area contributed by atoms with Gasteiger partial charge in [-0.3, -0.25) is 9.78 Å². The average Bonchev–Trinajstić information content (AvgIpc) is 3.20. The number of sulfonamides is 1. The van der Waals surface area contributed by atoms with Crippen molar-refractivity contribution in [3.05, 3.63) is 36.8 Å². The highest BCUT2D eigenvalue weighted by Crippen LogP contribution is 2.26. The third-order valence-electron chi connectivity index (χ3n) is 4.94. The van der Waals surface area contributed by atoms with Gasteiger partial charge < -0.3 is 14.2 Å². The van der Waals surface area contributed by atoms with Gasteiger partial charge in [-0.1, -0.05) is 11.8 Å². The predicted molar refractivity (Wildman–Crippen MR) is 116 cm³/mol. The molecule has 10 nitrogen and oxygen atoms in total. The van der Waals surface area contributed by atoms with Crippen LogP contribution in [0.2, 0.25) is 0 Å². The van der Waals surface area contributed by atoms with Gasteiger partial charge in [0, 0.05) is 52.7 Å². The van der Waals surface area contributed by atoms with E-state index in [0.29, 0.717) is 42.5 Å². The summed E-state index contributed by atoms with van der Waals surface area (Å²) in [6.07, 6.45) is 5.01. The second-order valence-corrected chi connectivity index (χ2v) is 10.2. The van der Waals surface area contributed by atoms with Crippen molar-refractivity contribution in [2.24, 2.45) is 0 Å². The smallest absolute Gasteiger partial charge is 0.257 e. The van der Waals surface area contributed by atoms with E-state index < -0.39 is 10.0 Å². The van der Waals surface area contributed by atoms with Crippen LogP contribution in [0, 0.1) is 0 Å². The third kappa shape index (κ3) is 4.65. The molecule has 31 heavy (non-hydrogen) atoms. The number of carbonyl (C=O) groups is 1. The largest absolute Gasteiger partial charge is 0.431 e. The molecular weight excluding hydrogens is 440 g/mol. The molecule has 0 radical (unpaired) electrons. The Balaban J connectivity index is 1.35. The Hall–Kier alpha value is -2.70. The number of carbonyl (C=O) groups excluding carboxylic acids is 1. The third-order valence-corrected chi connectivity index (χ3v) is 7.57. The maximum absolute atomic E-state index is 12.6. The SMILES string of the molecule is CN(C)S(=O)(=O)c1ccc2oc(SCC(=O)N3CCN(c4cnccn4)CC3)nc2c1. The highest BCUT2D eigenvalue weighted by Gasteiger charge is 2.23. The first-order chi connectivity index (χ1) is 14.8. The number of hydrogen-bond donors (Lipinski definition) is 0. The molecule has 2 aromatic heterocycles. The number of oxazole rings is 1. The summed E-state index contributed by atoms with van der Waals surface area (Å²) < 4.78 is 31.4. The normalized spacial score (nSPS) is 15.1. The minimum Gasteiger partial charge on any atom is -0.431 e. The molecule has 0 N–H and O–H groups in total. The second kappa shape index (κ2) is 8.81. The number of fused-ring (bicyclic) bond motifs is 1. The number of piperazine rings is 1.